The van der Waals surface area contributed by atoms with Crippen molar-refractivity contribution in [3.05, 3.63) is 83.8 Å². The van der Waals surface area contributed by atoms with E-state index in [1.807, 2.05) is 0 Å². The zero-order chi connectivity index (χ0) is 19.3. The molecule has 0 aromatic heterocycles. The molecule has 6 heteroatoms. The summed E-state index contributed by atoms with van der Waals surface area (Å²) in [4.78, 5) is 1.50. The van der Waals surface area contributed by atoms with Gasteiger partial charge in [0.25, 0.3) is 0 Å². The Labute approximate surface area is 144 Å². The third-order valence-corrected chi connectivity index (χ3v) is 4.10. The Balaban J connectivity index is 3.33. The minimum Gasteiger partial charge on any atom is -0.293 e. The second-order valence-corrected chi connectivity index (χ2v) is 5.50. The molecule has 136 valence electrons. The van der Waals surface area contributed by atoms with Gasteiger partial charge in [0.15, 0.2) is 23.3 Å². The van der Waals surface area contributed by atoms with E-state index in [1.165, 1.54) is 24.9 Å². The average molecular weight is 357 g/mol. The van der Waals surface area contributed by atoms with Crippen LogP contribution in [0.3, 0.4) is 0 Å². The lowest BCUT2D eigenvalue weighted by Gasteiger charge is -2.32. The summed E-state index contributed by atoms with van der Waals surface area (Å²) in [6, 6.07) is -1.45. The van der Waals surface area contributed by atoms with E-state index < -0.39 is 40.7 Å². The van der Waals surface area contributed by atoms with Crippen molar-refractivity contribution in [2.45, 2.75) is 25.9 Å². The van der Waals surface area contributed by atoms with Crippen molar-refractivity contribution in [2.24, 2.45) is 0 Å². The van der Waals surface area contributed by atoms with Crippen LogP contribution in [-0.2, 0) is 0 Å². The van der Waals surface area contributed by atoms with Crippen LogP contribution >= 0.6 is 0 Å². The van der Waals surface area contributed by atoms with Crippen molar-refractivity contribution >= 4 is 0 Å². The summed E-state index contributed by atoms with van der Waals surface area (Å²) >= 11 is 0. The lowest BCUT2D eigenvalue weighted by atomic mass is 10.00. The van der Waals surface area contributed by atoms with Gasteiger partial charge in [-0.25, -0.2) is 22.0 Å². The highest BCUT2D eigenvalue weighted by molar-refractivity contribution is 5.31. The van der Waals surface area contributed by atoms with Crippen LogP contribution in [0.1, 0.15) is 25.5 Å². The lowest BCUT2D eigenvalue weighted by molar-refractivity contribution is 0.209. The highest BCUT2D eigenvalue weighted by atomic mass is 19.2. The number of nitrogens with zero attached hydrogens (tertiary/aromatic N) is 1. The van der Waals surface area contributed by atoms with Crippen molar-refractivity contribution in [1.29, 1.82) is 0 Å². The van der Waals surface area contributed by atoms with Crippen LogP contribution < -0.4 is 0 Å². The van der Waals surface area contributed by atoms with E-state index in [-0.39, 0.29) is 6.04 Å². The van der Waals surface area contributed by atoms with Crippen LogP contribution in [0.2, 0.25) is 0 Å². The molecule has 0 saturated carbocycles. The largest absolute Gasteiger partial charge is 0.293 e. The summed E-state index contributed by atoms with van der Waals surface area (Å²) in [5.41, 5.74) is -0.135. The molecule has 0 heterocycles. The number of halogens is 5. The molecule has 1 aromatic rings. The SMILES string of the molecule is C=C/C=C\C(=C/C=C)C(C)N(C)C(C)c1c(F)c(F)c(F)c(F)c1F. The molecule has 0 aliphatic carbocycles. The normalized spacial score (nSPS) is 14.8. The molecule has 1 rings (SSSR count). The van der Waals surface area contributed by atoms with Crippen LogP contribution in [0, 0.1) is 29.1 Å². The highest BCUT2D eigenvalue weighted by Crippen LogP contribution is 2.32. The van der Waals surface area contributed by atoms with E-state index in [4.69, 9.17) is 0 Å². The summed E-state index contributed by atoms with van der Waals surface area (Å²) in [5.74, 6) is -9.70. The molecule has 0 radical (unpaired) electrons. The molecular weight excluding hydrogens is 337 g/mol. The fraction of sp³-hybridized carbons (Fsp3) is 0.263. The first-order valence-electron chi connectivity index (χ1n) is 7.53. The molecule has 25 heavy (non-hydrogen) atoms. The van der Waals surface area contributed by atoms with Gasteiger partial charge in [-0.1, -0.05) is 43.5 Å². The van der Waals surface area contributed by atoms with E-state index in [1.54, 1.807) is 31.2 Å². The van der Waals surface area contributed by atoms with Crippen LogP contribution in [0.25, 0.3) is 0 Å². The average Bonchev–Trinajstić information content (AvgIpc) is 2.60. The maximum atomic E-state index is 14.0. The summed E-state index contributed by atoms with van der Waals surface area (Å²) < 4.78 is 68.1. The quantitative estimate of drug-likeness (QED) is 0.265. The minimum atomic E-state index is -2.16. The Hall–Kier alpha value is -2.21. The molecule has 0 fully saturated rings. The van der Waals surface area contributed by atoms with Gasteiger partial charge in [0.1, 0.15) is 0 Å². The zero-order valence-electron chi connectivity index (χ0n) is 14.3. The van der Waals surface area contributed by atoms with Gasteiger partial charge in [-0.3, -0.25) is 4.90 Å². The van der Waals surface area contributed by atoms with Crippen molar-refractivity contribution in [3.63, 3.8) is 0 Å². The predicted molar refractivity (Wildman–Crippen MR) is 89.5 cm³/mol. The first-order chi connectivity index (χ1) is 11.7. The maximum absolute atomic E-state index is 14.0. The molecule has 1 aromatic carbocycles. The topological polar surface area (TPSA) is 3.24 Å². The van der Waals surface area contributed by atoms with Gasteiger partial charge in [-0.05, 0) is 26.5 Å². The molecule has 0 N–H and O–H groups in total. The Kier molecular flexibility index (Phi) is 7.30. The van der Waals surface area contributed by atoms with E-state index >= 15 is 0 Å². The van der Waals surface area contributed by atoms with Gasteiger partial charge in [0.2, 0.25) is 5.82 Å². The highest BCUT2D eigenvalue weighted by Gasteiger charge is 2.31. The second kappa shape index (κ2) is 8.76. The van der Waals surface area contributed by atoms with Gasteiger partial charge in [-0.2, -0.15) is 0 Å². The number of rotatable bonds is 7. The summed E-state index contributed by atoms with van der Waals surface area (Å²) in [6.07, 6.45) is 8.17. The summed E-state index contributed by atoms with van der Waals surface area (Å²) in [7, 11) is 1.53. The Morgan fingerprint density at radius 2 is 1.36 bits per heavy atom. The molecule has 0 saturated heterocycles. The number of hydrogen-bond acceptors (Lipinski definition) is 1. The van der Waals surface area contributed by atoms with E-state index in [0.717, 1.165) is 5.57 Å². The Morgan fingerprint density at radius 1 is 0.880 bits per heavy atom. The van der Waals surface area contributed by atoms with E-state index in [0.29, 0.717) is 0 Å². The van der Waals surface area contributed by atoms with Gasteiger partial charge in [0.05, 0.1) is 0 Å². The minimum absolute atomic E-state index is 0.390. The first kappa shape index (κ1) is 20.8. The van der Waals surface area contributed by atoms with E-state index in [9.17, 15) is 22.0 Å². The number of hydrogen-bond donors (Lipinski definition) is 0. The molecule has 0 bridgehead atoms. The third-order valence-electron chi connectivity index (χ3n) is 4.10. The molecular formula is C19H20F5N. The first-order valence-corrected chi connectivity index (χ1v) is 7.53. The number of benzene rings is 1. The number of allylic oxidation sites excluding steroid dienone is 4. The van der Waals surface area contributed by atoms with Gasteiger partial charge >= 0.3 is 0 Å². The van der Waals surface area contributed by atoms with Crippen molar-refractivity contribution < 1.29 is 22.0 Å². The predicted octanol–water partition coefficient (Wildman–Crippen LogP) is 5.62. The van der Waals surface area contributed by atoms with Gasteiger partial charge < -0.3 is 0 Å². The third kappa shape index (κ3) is 4.25. The van der Waals surface area contributed by atoms with Crippen LogP contribution in [-0.4, -0.2) is 18.0 Å². The zero-order valence-corrected chi connectivity index (χ0v) is 14.3. The molecule has 0 amide bonds. The fourth-order valence-corrected chi connectivity index (χ4v) is 2.41. The smallest absolute Gasteiger partial charge is 0.200 e. The molecule has 2 atom stereocenters. The van der Waals surface area contributed by atoms with Crippen LogP contribution in [0.4, 0.5) is 22.0 Å². The summed E-state index contributed by atoms with van der Waals surface area (Å²) in [5, 5.41) is 0. The standard InChI is InChI=1S/C19H20F5N/c1-6-8-10-13(9-7-2)11(3)25(5)12(4)14-15(20)17(22)19(24)18(23)16(14)21/h6-12H,1-2H2,3-5H3/b10-8-,13-9+. The van der Waals surface area contributed by atoms with Crippen molar-refractivity contribution in [3.8, 4) is 0 Å². The molecule has 2 unspecified atom stereocenters. The molecule has 0 aliphatic heterocycles. The van der Waals surface area contributed by atoms with Gasteiger partial charge in [0, 0.05) is 17.6 Å². The molecule has 0 aliphatic rings. The fourth-order valence-electron chi connectivity index (χ4n) is 2.41. The second-order valence-electron chi connectivity index (χ2n) is 5.50. The maximum Gasteiger partial charge on any atom is 0.200 e. The van der Waals surface area contributed by atoms with Crippen molar-refractivity contribution in [2.75, 3.05) is 7.05 Å². The van der Waals surface area contributed by atoms with Crippen LogP contribution in [0.15, 0.2) is 49.1 Å². The van der Waals surface area contributed by atoms with Gasteiger partial charge in [-0.15, -0.1) is 0 Å². The Bertz CT molecular complexity index is 692. The van der Waals surface area contributed by atoms with Crippen LogP contribution in [0.5, 0.6) is 0 Å². The molecule has 0 spiro atoms. The number of likely N-dealkylation sites (N-methyl/N-ethyl adjacent to an activating group) is 1. The Morgan fingerprint density at radius 3 is 1.80 bits per heavy atom. The monoisotopic (exact) mass is 357 g/mol. The van der Waals surface area contributed by atoms with Crippen molar-refractivity contribution in [1.82, 2.24) is 4.90 Å². The summed E-state index contributed by atoms with van der Waals surface area (Å²) in [6.45, 7) is 10.3. The van der Waals surface area contributed by atoms with E-state index in [2.05, 4.69) is 13.2 Å². The molecule has 1 nitrogen and oxygen atoms in total. The lowest BCUT2D eigenvalue weighted by Crippen LogP contribution is -2.34.